The number of β-amino-alcohol motifs (C(OH)–C–C–N with tert-alkyl or cyclic N) is 1. The fraction of sp³-hybridized carbons (Fsp3) is 0.300. The number of carbonyl (C=O) groups excluding carboxylic acids is 1. The van der Waals surface area contributed by atoms with E-state index >= 15 is 0 Å². The van der Waals surface area contributed by atoms with Crippen LogP contribution in [0.2, 0.25) is 5.02 Å². The van der Waals surface area contributed by atoms with Gasteiger partial charge in [0.2, 0.25) is 0 Å². The Bertz CT molecular complexity index is 981. The van der Waals surface area contributed by atoms with E-state index in [2.05, 4.69) is 5.32 Å². The Morgan fingerprint density at radius 1 is 1.20 bits per heavy atom. The first-order valence-electron chi connectivity index (χ1n) is 9.07. The monoisotopic (exact) mass is 443 g/mol. The number of likely N-dealkylation sites (tertiary alicyclic amines) is 1. The number of nitrogens with zero attached hydrogens (tertiary/aromatic N) is 1. The summed E-state index contributed by atoms with van der Waals surface area (Å²) in [5, 5.41) is 20.0. The van der Waals surface area contributed by atoms with Gasteiger partial charge in [-0.3, -0.25) is 10.2 Å². The van der Waals surface area contributed by atoms with Crippen LogP contribution in [0.1, 0.15) is 34.3 Å². The Balaban J connectivity index is 1.97. The van der Waals surface area contributed by atoms with Crippen LogP contribution >= 0.6 is 11.6 Å². The highest BCUT2D eigenvalue weighted by molar-refractivity contribution is 6.34. The quantitative estimate of drug-likeness (QED) is 0.370. The zero-order valence-electron chi connectivity index (χ0n) is 15.6. The second-order valence-electron chi connectivity index (χ2n) is 6.87. The van der Waals surface area contributed by atoms with E-state index in [0.717, 1.165) is 24.3 Å². The van der Waals surface area contributed by atoms with Gasteiger partial charge in [0.25, 0.3) is 5.91 Å². The van der Waals surface area contributed by atoms with E-state index in [9.17, 15) is 27.5 Å². The van der Waals surface area contributed by atoms with Gasteiger partial charge < -0.3 is 15.3 Å². The van der Waals surface area contributed by atoms with Crippen molar-refractivity contribution in [3.05, 3.63) is 63.9 Å². The average molecular weight is 444 g/mol. The number of anilines is 1. The summed E-state index contributed by atoms with van der Waals surface area (Å²) in [6.07, 6.45) is -4.36. The molecule has 1 atom stereocenters. The minimum atomic E-state index is -4.82. The highest BCUT2D eigenvalue weighted by Gasteiger charge is 2.36. The summed E-state index contributed by atoms with van der Waals surface area (Å²) < 4.78 is 54.5. The second kappa shape index (κ2) is 8.61. The molecule has 0 bridgehead atoms. The van der Waals surface area contributed by atoms with Gasteiger partial charge in [0.05, 0.1) is 33.5 Å². The topological polar surface area (TPSA) is 76.4 Å². The third-order valence-corrected chi connectivity index (χ3v) is 5.07. The van der Waals surface area contributed by atoms with Gasteiger partial charge in [-0.1, -0.05) is 23.7 Å². The maximum Gasteiger partial charge on any atom is 0.417 e. The normalized spacial score (nSPS) is 17.0. The molecule has 3 N–H and O–H groups in total. The third kappa shape index (κ3) is 4.57. The third-order valence-electron chi connectivity index (χ3n) is 4.76. The van der Waals surface area contributed by atoms with Crippen molar-refractivity contribution < 1.29 is 27.5 Å². The first-order valence-corrected chi connectivity index (χ1v) is 9.45. The Morgan fingerprint density at radius 3 is 2.57 bits per heavy atom. The number of rotatable bonds is 3. The van der Waals surface area contributed by atoms with Gasteiger partial charge in [-0.25, -0.2) is 4.39 Å². The van der Waals surface area contributed by atoms with Crippen molar-refractivity contribution in [2.75, 3.05) is 18.4 Å². The Kier molecular flexibility index (Phi) is 6.33. The van der Waals surface area contributed by atoms with Gasteiger partial charge in [-0.2, -0.15) is 13.2 Å². The Hall–Kier alpha value is -2.65. The second-order valence-corrected chi connectivity index (χ2v) is 7.27. The molecule has 1 aliphatic rings. The average Bonchev–Trinajstić information content (AvgIpc) is 2.66. The number of hydrogen-bond donors (Lipinski definition) is 3. The van der Waals surface area contributed by atoms with Crippen LogP contribution in [0.4, 0.5) is 23.2 Å². The lowest BCUT2D eigenvalue weighted by atomic mass is 10.0. The molecular formula is C20H18ClF4N3O2. The molecule has 0 spiro atoms. The van der Waals surface area contributed by atoms with E-state index < -0.39 is 40.2 Å². The van der Waals surface area contributed by atoms with Crippen LogP contribution in [-0.2, 0) is 6.18 Å². The van der Waals surface area contributed by atoms with E-state index in [-0.39, 0.29) is 23.6 Å². The number of aliphatic hydroxyl groups excluding tert-OH is 1. The van der Waals surface area contributed by atoms with Crippen molar-refractivity contribution >= 4 is 29.0 Å². The van der Waals surface area contributed by atoms with Crippen LogP contribution in [0.15, 0.2) is 36.4 Å². The molecule has 10 heteroatoms. The fourth-order valence-corrected chi connectivity index (χ4v) is 3.62. The van der Waals surface area contributed by atoms with E-state index in [0.29, 0.717) is 19.4 Å². The van der Waals surface area contributed by atoms with Crippen LogP contribution in [-0.4, -0.2) is 40.9 Å². The molecule has 0 saturated carbocycles. The van der Waals surface area contributed by atoms with Crippen molar-refractivity contribution in [3.63, 3.8) is 0 Å². The summed E-state index contributed by atoms with van der Waals surface area (Å²) >= 11 is 5.85. The zero-order chi connectivity index (χ0) is 22.1. The number of carbonyl (C=O) groups is 1. The number of piperidine rings is 1. The SMILES string of the molecule is N=C(c1c(F)cccc1NC(=O)c1c(Cl)cccc1C(F)(F)F)N1CCCC(O)C1. The van der Waals surface area contributed by atoms with E-state index in [1.54, 1.807) is 0 Å². The van der Waals surface area contributed by atoms with Gasteiger partial charge in [-0.05, 0) is 37.1 Å². The smallest absolute Gasteiger partial charge is 0.391 e. The van der Waals surface area contributed by atoms with E-state index in [4.69, 9.17) is 17.0 Å². The lowest BCUT2D eigenvalue weighted by Crippen LogP contribution is -2.42. The minimum absolute atomic E-state index is 0.114. The van der Waals surface area contributed by atoms with Crippen molar-refractivity contribution in [2.24, 2.45) is 0 Å². The lowest BCUT2D eigenvalue weighted by Gasteiger charge is -2.32. The van der Waals surface area contributed by atoms with E-state index in [1.807, 2.05) is 0 Å². The standard InChI is InChI=1S/C20H18ClF4N3O2/c21-13-6-1-5-12(20(23,24)25)16(13)19(30)27-15-8-2-7-14(22)17(15)18(26)28-9-3-4-11(29)10-28/h1-2,5-8,11,26,29H,3-4,9-10H2,(H,27,30). The summed E-state index contributed by atoms with van der Waals surface area (Å²) in [7, 11) is 0. The largest absolute Gasteiger partial charge is 0.417 e. The number of benzene rings is 2. The molecule has 1 fully saturated rings. The Morgan fingerprint density at radius 2 is 1.90 bits per heavy atom. The molecule has 2 aromatic carbocycles. The van der Waals surface area contributed by atoms with Crippen molar-refractivity contribution in [1.29, 1.82) is 5.41 Å². The number of halogens is 5. The van der Waals surface area contributed by atoms with Gasteiger partial charge >= 0.3 is 6.18 Å². The Labute approximate surface area is 174 Å². The molecule has 0 aromatic heterocycles. The van der Waals surface area contributed by atoms with Crippen LogP contribution in [0, 0.1) is 11.2 Å². The molecule has 1 unspecified atom stereocenters. The maximum atomic E-state index is 14.6. The van der Waals surface area contributed by atoms with Crippen molar-refractivity contribution in [3.8, 4) is 0 Å². The summed E-state index contributed by atoms with van der Waals surface area (Å²) in [4.78, 5) is 14.1. The molecule has 1 saturated heterocycles. The number of hydrogen-bond acceptors (Lipinski definition) is 3. The highest BCUT2D eigenvalue weighted by atomic mass is 35.5. The van der Waals surface area contributed by atoms with Crippen LogP contribution in [0.25, 0.3) is 0 Å². The summed E-state index contributed by atoms with van der Waals surface area (Å²) in [6, 6.07) is 6.59. The molecule has 0 radical (unpaired) electrons. The van der Waals surface area contributed by atoms with Gasteiger partial charge in [0, 0.05) is 13.1 Å². The number of aliphatic hydroxyl groups is 1. The summed E-state index contributed by atoms with van der Waals surface area (Å²) in [5.74, 6) is -2.28. The minimum Gasteiger partial charge on any atom is -0.391 e. The molecular weight excluding hydrogens is 426 g/mol. The molecule has 0 aliphatic carbocycles. The predicted octanol–water partition coefficient (Wildman–Crippen LogP) is 4.53. The molecule has 1 amide bonds. The first-order chi connectivity index (χ1) is 14.1. The molecule has 5 nitrogen and oxygen atoms in total. The lowest BCUT2D eigenvalue weighted by molar-refractivity contribution is -0.137. The fourth-order valence-electron chi connectivity index (χ4n) is 3.36. The van der Waals surface area contributed by atoms with E-state index in [1.165, 1.54) is 17.0 Å². The first kappa shape index (κ1) is 22.0. The van der Waals surface area contributed by atoms with Crippen LogP contribution in [0.3, 0.4) is 0 Å². The summed E-state index contributed by atoms with van der Waals surface area (Å²) in [6.45, 7) is 0.517. The van der Waals surface area contributed by atoms with Gasteiger partial charge in [-0.15, -0.1) is 0 Å². The van der Waals surface area contributed by atoms with Crippen LogP contribution in [0.5, 0.6) is 0 Å². The molecule has 1 heterocycles. The number of alkyl halides is 3. The summed E-state index contributed by atoms with van der Waals surface area (Å²) in [5.41, 5.74) is -2.46. The van der Waals surface area contributed by atoms with Gasteiger partial charge in [0.1, 0.15) is 11.7 Å². The van der Waals surface area contributed by atoms with Crippen LogP contribution < -0.4 is 5.32 Å². The number of nitrogens with one attached hydrogen (secondary N) is 2. The number of amidine groups is 1. The van der Waals surface area contributed by atoms with Crippen molar-refractivity contribution in [1.82, 2.24) is 4.90 Å². The molecule has 160 valence electrons. The molecule has 3 rings (SSSR count). The van der Waals surface area contributed by atoms with Gasteiger partial charge in [0.15, 0.2) is 0 Å². The number of amides is 1. The zero-order valence-corrected chi connectivity index (χ0v) is 16.3. The van der Waals surface area contributed by atoms with Crippen molar-refractivity contribution in [2.45, 2.75) is 25.1 Å². The maximum absolute atomic E-state index is 14.6. The molecule has 2 aromatic rings. The highest BCUT2D eigenvalue weighted by Crippen LogP contribution is 2.35. The molecule has 30 heavy (non-hydrogen) atoms. The molecule has 1 aliphatic heterocycles. The predicted molar refractivity (Wildman–Crippen MR) is 104 cm³/mol.